The first-order valence-electron chi connectivity index (χ1n) is 6.34. The molecule has 0 spiro atoms. The maximum atomic E-state index is 12.3. The van der Waals surface area contributed by atoms with Gasteiger partial charge in [0.2, 0.25) is 0 Å². The number of carbonyl (C=O) groups excluding carboxylic acids is 1. The summed E-state index contributed by atoms with van der Waals surface area (Å²) in [7, 11) is 0. The Bertz CT molecular complexity index is 554. The van der Waals surface area contributed by atoms with Crippen molar-refractivity contribution in [1.29, 1.82) is 0 Å². The van der Waals surface area contributed by atoms with Gasteiger partial charge in [-0.15, -0.1) is 0 Å². The third-order valence-electron chi connectivity index (χ3n) is 3.42. The monoisotopic (exact) mass is 277 g/mol. The zero-order valence-corrected chi connectivity index (χ0v) is 10.8. The first-order valence-corrected chi connectivity index (χ1v) is 6.34. The number of hydrogen-bond acceptors (Lipinski definition) is 3. The van der Waals surface area contributed by atoms with Crippen LogP contribution in [0, 0.1) is 0 Å². The number of amides is 1. The van der Waals surface area contributed by atoms with Gasteiger partial charge in [0.05, 0.1) is 0 Å². The molecule has 2 N–H and O–H groups in total. The van der Waals surface area contributed by atoms with E-state index in [1.807, 2.05) is 12.1 Å². The summed E-state index contributed by atoms with van der Waals surface area (Å²) >= 11 is 0. The van der Waals surface area contributed by atoms with E-state index < -0.39 is 18.0 Å². The van der Waals surface area contributed by atoms with Gasteiger partial charge in [0.25, 0.3) is 5.91 Å². The fraction of sp³-hybridized carbons (Fsp3) is 0.357. The Kier molecular flexibility index (Phi) is 4.02. The van der Waals surface area contributed by atoms with E-state index in [2.05, 4.69) is 0 Å². The van der Waals surface area contributed by atoms with Gasteiger partial charge in [-0.3, -0.25) is 9.59 Å². The zero-order chi connectivity index (χ0) is 14.7. The Morgan fingerprint density at radius 2 is 1.95 bits per heavy atom. The molecule has 1 amide bonds. The van der Waals surface area contributed by atoms with Crippen LogP contribution in [0.15, 0.2) is 24.3 Å². The molecule has 0 fully saturated rings. The van der Waals surface area contributed by atoms with E-state index >= 15 is 0 Å². The Morgan fingerprint density at radius 1 is 1.25 bits per heavy atom. The summed E-state index contributed by atoms with van der Waals surface area (Å²) in [6.07, 6.45) is 0.222. The lowest BCUT2D eigenvalue weighted by Crippen LogP contribution is -2.48. The van der Waals surface area contributed by atoms with Gasteiger partial charge in [-0.1, -0.05) is 18.2 Å². The zero-order valence-electron chi connectivity index (χ0n) is 10.8. The highest BCUT2D eigenvalue weighted by Gasteiger charge is 2.33. The first kappa shape index (κ1) is 14.0. The summed E-state index contributed by atoms with van der Waals surface area (Å²) in [6.45, 7) is 0.298. The molecule has 1 aromatic carbocycles. The topological polar surface area (TPSA) is 94.9 Å². The van der Waals surface area contributed by atoms with Gasteiger partial charge in [0.15, 0.2) is 0 Å². The number of carboxylic acids is 2. The van der Waals surface area contributed by atoms with Gasteiger partial charge in [0.1, 0.15) is 6.04 Å². The van der Waals surface area contributed by atoms with Gasteiger partial charge in [-0.2, -0.15) is 0 Å². The van der Waals surface area contributed by atoms with Gasteiger partial charge < -0.3 is 15.1 Å². The average molecular weight is 277 g/mol. The van der Waals surface area contributed by atoms with Crippen LogP contribution in [0.2, 0.25) is 0 Å². The maximum Gasteiger partial charge on any atom is 0.326 e. The molecule has 6 heteroatoms. The van der Waals surface area contributed by atoms with Gasteiger partial charge >= 0.3 is 11.9 Å². The molecule has 106 valence electrons. The van der Waals surface area contributed by atoms with Gasteiger partial charge in [0, 0.05) is 18.5 Å². The van der Waals surface area contributed by atoms with Crippen molar-refractivity contribution in [2.45, 2.75) is 25.3 Å². The molecule has 6 nitrogen and oxygen atoms in total. The van der Waals surface area contributed by atoms with Crippen LogP contribution < -0.4 is 0 Å². The lowest BCUT2D eigenvalue weighted by molar-refractivity contribution is -0.143. The molecule has 1 aliphatic rings. The lowest BCUT2D eigenvalue weighted by atomic mass is 9.96. The van der Waals surface area contributed by atoms with Crippen LogP contribution in [0.4, 0.5) is 0 Å². The molecule has 0 aromatic heterocycles. The molecule has 1 heterocycles. The molecule has 0 saturated heterocycles. The van der Waals surface area contributed by atoms with Crippen molar-refractivity contribution in [2.24, 2.45) is 0 Å². The predicted octanol–water partition coefficient (Wildman–Crippen LogP) is 1.00. The SMILES string of the molecule is O=C(O)CCC(C(=O)O)N1CCc2ccccc2C1=O. The normalized spacial score (nSPS) is 15.6. The van der Waals surface area contributed by atoms with Crippen LogP contribution in [0.3, 0.4) is 0 Å². The Morgan fingerprint density at radius 3 is 2.60 bits per heavy atom. The van der Waals surface area contributed by atoms with Crippen LogP contribution in [0.25, 0.3) is 0 Å². The van der Waals surface area contributed by atoms with E-state index in [1.165, 1.54) is 4.90 Å². The summed E-state index contributed by atoms with van der Waals surface area (Å²) in [6, 6.07) is 5.98. The molecule has 20 heavy (non-hydrogen) atoms. The highest BCUT2D eigenvalue weighted by atomic mass is 16.4. The second-order valence-electron chi connectivity index (χ2n) is 4.69. The minimum atomic E-state index is -1.17. The number of nitrogens with zero attached hydrogens (tertiary/aromatic N) is 1. The van der Waals surface area contributed by atoms with Gasteiger partial charge in [-0.25, -0.2) is 4.79 Å². The summed E-state index contributed by atoms with van der Waals surface area (Å²) < 4.78 is 0. The van der Waals surface area contributed by atoms with Gasteiger partial charge in [-0.05, 0) is 24.5 Å². The molecule has 1 unspecified atom stereocenters. The number of aliphatic carboxylic acids is 2. The fourth-order valence-corrected chi connectivity index (χ4v) is 2.41. The van der Waals surface area contributed by atoms with Crippen molar-refractivity contribution in [3.8, 4) is 0 Å². The smallest absolute Gasteiger partial charge is 0.326 e. The summed E-state index contributed by atoms with van der Waals surface area (Å²) in [5.74, 6) is -2.58. The van der Waals surface area contributed by atoms with Crippen molar-refractivity contribution in [2.75, 3.05) is 6.54 Å². The number of rotatable bonds is 5. The quantitative estimate of drug-likeness (QED) is 0.837. The lowest BCUT2D eigenvalue weighted by Gasteiger charge is -2.33. The highest BCUT2D eigenvalue weighted by molar-refractivity contribution is 5.98. The van der Waals surface area contributed by atoms with Crippen LogP contribution >= 0.6 is 0 Å². The average Bonchev–Trinajstić information content (AvgIpc) is 2.41. The van der Waals surface area contributed by atoms with Crippen LogP contribution in [-0.2, 0) is 16.0 Å². The molecule has 0 radical (unpaired) electrons. The van der Waals surface area contributed by atoms with Crippen LogP contribution in [0.1, 0.15) is 28.8 Å². The van der Waals surface area contributed by atoms with Crippen LogP contribution in [-0.4, -0.2) is 45.5 Å². The van der Waals surface area contributed by atoms with E-state index in [0.29, 0.717) is 18.5 Å². The van der Waals surface area contributed by atoms with Crippen molar-refractivity contribution in [3.63, 3.8) is 0 Å². The summed E-state index contributed by atoms with van der Waals surface area (Å²) in [5.41, 5.74) is 1.40. The molecule has 1 aliphatic heterocycles. The standard InChI is InChI=1S/C14H15NO5/c16-12(17)6-5-11(14(19)20)15-8-7-9-3-1-2-4-10(9)13(15)18/h1-4,11H,5-8H2,(H,16,17)(H,19,20). The maximum absolute atomic E-state index is 12.3. The Labute approximate surface area is 115 Å². The van der Waals surface area contributed by atoms with E-state index in [4.69, 9.17) is 5.11 Å². The number of hydrogen-bond donors (Lipinski definition) is 2. The Balaban J connectivity index is 2.21. The number of carboxylic acid groups (broad SMARTS) is 2. The fourth-order valence-electron chi connectivity index (χ4n) is 2.41. The van der Waals surface area contributed by atoms with Crippen molar-refractivity contribution >= 4 is 17.8 Å². The van der Waals surface area contributed by atoms with Crippen molar-refractivity contribution in [1.82, 2.24) is 4.90 Å². The molecule has 2 rings (SSSR count). The molecule has 0 saturated carbocycles. The largest absolute Gasteiger partial charge is 0.481 e. The predicted molar refractivity (Wildman–Crippen MR) is 69.5 cm³/mol. The summed E-state index contributed by atoms with van der Waals surface area (Å²) in [5, 5.41) is 17.9. The molecular formula is C14H15NO5. The molecular weight excluding hydrogens is 262 g/mol. The highest BCUT2D eigenvalue weighted by Crippen LogP contribution is 2.22. The number of benzene rings is 1. The minimum absolute atomic E-state index is 0.0847. The number of carbonyl (C=O) groups is 3. The third-order valence-corrected chi connectivity index (χ3v) is 3.42. The van der Waals surface area contributed by atoms with Crippen LogP contribution in [0.5, 0.6) is 0 Å². The summed E-state index contributed by atoms with van der Waals surface area (Å²) in [4.78, 5) is 35.5. The van der Waals surface area contributed by atoms with Crippen molar-refractivity contribution in [3.05, 3.63) is 35.4 Å². The first-order chi connectivity index (χ1) is 9.50. The van der Waals surface area contributed by atoms with E-state index in [9.17, 15) is 19.5 Å². The second-order valence-corrected chi connectivity index (χ2v) is 4.69. The number of fused-ring (bicyclic) bond motifs is 1. The second kappa shape index (κ2) is 5.73. The minimum Gasteiger partial charge on any atom is -0.481 e. The third kappa shape index (κ3) is 2.79. The molecule has 1 aromatic rings. The Hall–Kier alpha value is -2.37. The van der Waals surface area contributed by atoms with E-state index in [-0.39, 0.29) is 18.7 Å². The van der Waals surface area contributed by atoms with Crippen molar-refractivity contribution < 1.29 is 24.6 Å². The molecule has 1 atom stereocenters. The van der Waals surface area contributed by atoms with E-state index in [1.54, 1.807) is 12.1 Å². The molecule has 0 bridgehead atoms. The van der Waals surface area contributed by atoms with E-state index in [0.717, 1.165) is 5.56 Å². The molecule has 0 aliphatic carbocycles.